The fourth-order valence-corrected chi connectivity index (χ4v) is 5.50. The van der Waals surface area contributed by atoms with E-state index in [1.807, 2.05) is 27.7 Å². The first-order chi connectivity index (χ1) is 17.9. The molecule has 0 heterocycles. The maximum absolute atomic E-state index is 6.80. The molecule has 7 nitrogen and oxygen atoms in total. The van der Waals surface area contributed by atoms with E-state index < -0.39 is 5.72 Å². The van der Waals surface area contributed by atoms with Gasteiger partial charge in [0.1, 0.15) is 5.72 Å². The molecule has 0 aromatic rings. The molecule has 236 valence electrons. The van der Waals surface area contributed by atoms with Crippen LogP contribution in [0.1, 0.15) is 141 Å². The maximum atomic E-state index is 6.80. The molecule has 9 unspecified atom stereocenters. The van der Waals surface area contributed by atoms with Crippen molar-refractivity contribution in [2.45, 2.75) is 188 Å². The summed E-state index contributed by atoms with van der Waals surface area (Å²) in [6, 6.07) is 0.0846. The summed E-state index contributed by atoms with van der Waals surface area (Å²) in [4.78, 5) is 0. The molecule has 9 atom stereocenters. The van der Waals surface area contributed by atoms with Gasteiger partial charge in [-0.15, -0.1) is 0 Å². The second kappa shape index (κ2) is 17.6. The highest BCUT2D eigenvalue weighted by molar-refractivity contribution is 4.85. The largest absolute Gasteiger partial charge is 0.375 e. The van der Waals surface area contributed by atoms with E-state index in [1.165, 1.54) is 0 Å². The van der Waals surface area contributed by atoms with Crippen LogP contribution in [0.4, 0.5) is 0 Å². The predicted molar refractivity (Wildman–Crippen MR) is 166 cm³/mol. The molecule has 6 N–H and O–H groups in total. The van der Waals surface area contributed by atoms with Crippen LogP contribution in [-0.2, 0) is 18.9 Å². The maximum Gasteiger partial charge on any atom is 0.115 e. The predicted octanol–water partition coefficient (Wildman–Crippen LogP) is 6.68. The molecule has 0 radical (unpaired) electrons. The average molecular weight is 560 g/mol. The van der Waals surface area contributed by atoms with Gasteiger partial charge in [0, 0.05) is 30.3 Å². The normalized spacial score (nSPS) is 22.5. The van der Waals surface area contributed by atoms with E-state index in [2.05, 4.69) is 55.4 Å². The van der Waals surface area contributed by atoms with E-state index in [0.29, 0.717) is 19.6 Å². The van der Waals surface area contributed by atoms with Gasteiger partial charge in [0.2, 0.25) is 0 Å². The second-order valence-electron chi connectivity index (χ2n) is 13.5. The molecule has 0 aromatic carbocycles. The third-order valence-corrected chi connectivity index (χ3v) is 8.49. The molecular weight excluding hydrogens is 490 g/mol. The monoisotopic (exact) mass is 560 g/mol. The molecule has 0 aromatic heterocycles. The van der Waals surface area contributed by atoms with Crippen molar-refractivity contribution in [2.75, 3.05) is 13.2 Å². The van der Waals surface area contributed by atoms with Gasteiger partial charge in [-0.25, -0.2) is 0 Å². The summed E-state index contributed by atoms with van der Waals surface area (Å²) in [5, 5.41) is 0. The lowest BCUT2D eigenvalue weighted by Crippen LogP contribution is -2.48. The molecular formula is C32H69N3O4. The van der Waals surface area contributed by atoms with Gasteiger partial charge in [-0.1, -0.05) is 40.5 Å². The molecule has 0 aliphatic heterocycles. The van der Waals surface area contributed by atoms with Gasteiger partial charge < -0.3 is 36.1 Å². The van der Waals surface area contributed by atoms with Crippen LogP contribution in [-0.4, -0.2) is 60.5 Å². The minimum Gasteiger partial charge on any atom is -0.375 e. The molecule has 0 bridgehead atoms. The van der Waals surface area contributed by atoms with Crippen LogP contribution in [0.5, 0.6) is 0 Å². The first-order valence-corrected chi connectivity index (χ1v) is 15.8. The first-order valence-electron chi connectivity index (χ1n) is 15.8. The number of hydrogen-bond acceptors (Lipinski definition) is 7. The van der Waals surface area contributed by atoms with Gasteiger partial charge in [0.15, 0.2) is 0 Å². The average Bonchev–Trinajstić information content (AvgIpc) is 2.81. The molecule has 39 heavy (non-hydrogen) atoms. The highest BCUT2D eigenvalue weighted by atomic mass is 16.6. The van der Waals surface area contributed by atoms with Crippen molar-refractivity contribution in [2.24, 2.45) is 22.6 Å². The Bertz CT molecular complexity index is 647. The highest BCUT2D eigenvalue weighted by Gasteiger charge is 2.36. The zero-order valence-corrected chi connectivity index (χ0v) is 28.0. The van der Waals surface area contributed by atoms with Crippen molar-refractivity contribution >= 4 is 0 Å². The van der Waals surface area contributed by atoms with E-state index in [0.717, 1.165) is 51.4 Å². The summed E-state index contributed by atoms with van der Waals surface area (Å²) < 4.78 is 26.0. The minimum absolute atomic E-state index is 0.0247. The van der Waals surface area contributed by atoms with Crippen LogP contribution in [0.2, 0.25) is 0 Å². The smallest absolute Gasteiger partial charge is 0.115 e. The lowest BCUT2D eigenvalue weighted by atomic mass is 9.81. The van der Waals surface area contributed by atoms with Gasteiger partial charge in [-0.2, -0.15) is 0 Å². The van der Waals surface area contributed by atoms with Crippen LogP contribution in [0.15, 0.2) is 0 Å². The first kappa shape index (κ1) is 38.7. The van der Waals surface area contributed by atoms with Gasteiger partial charge in [-0.05, 0) is 87.5 Å². The Morgan fingerprint density at radius 3 is 1.69 bits per heavy atom. The van der Waals surface area contributed by atoms with Crippen molar-refractivity contribution in [1.29, 1.82) is 0 Å². The lowest BCUT2D eigenvalue weighted by molar-refractivity contribution is -0.163. The zero-order chi connectivity index (χ0) is 30.5. The summed E-state index contributed by atoms with van der Waals surface area (Å²) in [7, 11) is 0. The lowest BCUT2D eigenvalue weighted by Gasteiger charge is -2.41. The molecule has 0 saturated carbocycles. The summed E-state index contributed by atoms with van der Waals surface area (Å²) in [6.45, 7) is 26.7. The third-order valence-electron chi connectivity index (χ3n) is 8.49. The van der Waals surface area contributed by atoms with E-state index in [1.54, 1.807) is 0 Å². The van der Waals surface area contributed by atoms with Crippen molar-refractivity contribution in [1.82, 2.24) is 0 Å². The molecule has 0 amide bonds. The number of nitrogens with two attached hydrogens (primary N) is 3. The number of hydrogen-bond donors (Lipinski definition) is 3. The van der Waals surface area contributed by atoms with E-state index in [-0.39, 0.29) is 47.0 Å². The summed E-state index contributed by atoms with van der Waals surface area (Å²) >= 11 is 0. The van der Waals surface area contributed by atoms with Crippen molar-refractivity contribution in [3.8, 4) is 0 Å². The van der Waals surface area contributed by atoms with E-state index in [9.17, 15) is 0 Å². The van der Waals surface area contributed by atoms with E-state index >= 15 is 0 Å². The SMILES string of the molecule is CCCCC(CC)(COC(C)C(C)OC(C)(N)CC(C)N)COC(C)(CC)CC(C)OC(C)(CC)CC(C)N. The minimum atomic E-state index is -0.782. The quantitative estimate of drug-likeness (QED) is 0.120. The van der Waals surface area contributed by atoms with Crippen molar-refractivity contribution < 1.29 is 18.9 Å². The fourth-order valence-electron chi connectivity index (χ4n) is 5.50. The Kier molecular flexibility index (Phi) is 17.5. The Morgan fingerprint density at radius 2 is 1.23 bits per heavy atom. The molecule has 0 aliphatic carbocycles. The van der Waals surface area contributed by atoms with E-state index in [4.69, 9.17) is 36.1 Å². The number of unbranched alkanes of at least 4 members (excludes halogenated alkanes) is 1. The van der Waals surface area contributed by atoms with Crippen LogP contribution < -0.4 is 17.2 Å². The Morgan fingerprint density at radius 1 is 0.667 bits per heavy atom. The molecule has 0 fully saturated rings. The van der Waals surface area contributed by atoms with Crippen LogP contribution >= 0.6 is 0 Å². The molecule has 0 rings (SSSR count). The fraction of sp³-hybridized carbons (Fsp3) is 1.00. The Balaban J connectivity index is 5.40. The summed E-state index contributed by atoms with van der Waals surface area (Å²) in [6.07, 6.45) is 8.29. The van der Waals surface area contributed by atoms with Crippen molar-refractivity contribution in [3.63, 3.8) is 0 Å². The van der Waals surface area contributed by atoms with Gasteiger partial charge in [0.25, 0.3) is 0 Å². The Hall–Kier alpha value is -0.280. The number of rotatable bonds is 23. The molecule has 0 aliphatic rings. The summed E-state index contributed by atoms with van der Waals surface area (Å²) in [5.74, 6) is 0. The standard InChI is InChI=1S/C32H69N3O4/c1-13-17-18-32(16-4,22-36-27(8)28(9)39-31(12,35)20-25(6)34)23-37-29(10,14-2)21-26(7)38-30(11,15-3)19-24(5)33/h24-28H,13-23,33-35H2,1-12H3. The molecule has 7 heteroatoms. The van der Waals surface area contributed by atoms with Gasteiger partial charge >= 0.3 is 0 Å². The topological polar surface area (TPSA) is 115 Å². The Labute approximate surface area is 243 Å². The highest BCUT2D eigenvalue weighted by Crippen LogP contribution is 2.35. The van der Waals surface area contributed by atoms with Crippen molar-refractivity contribution in [3.05, 3.63) is 0 Å². The zero-order valence-electron chi connectivity index (χ0n) is 28.0. The van der Waals surface area contributed by atoms with Gasteiger partial charge in [0.05, 0.1) is 42.7 Å². The van der Waals surface area contributed by atoms with Crippen LogP contribution in [0.3, 0.4) is 0 Å². The second-order valence-corrected chi connectivity index (χ2v) is 13.5. The molecule has 0 saturated heterocycles. The third kappa shape index (κ3) is 15.5. The van der Waals surface area contributed by atoms with Crippen LogP contribution in [0, 0.1) is 5.41 Å². The number of ether oxygens (including phenoxy) is 4. The van der Waals surface area contributed by atoms with Gasteiger partial charge in [-0.3, -0.25) is 0 Å². The van der Waals surface area contributed by atoms with Crippen LogP contribution in [0.25, 0.3) is 0 Å². The summed E-state index contributed by atoms with van der Waals surface area (Å²) in [5.41, 5.74) is 17.1. The molecule has 0 spiro atoms.